The van der Waals surface area contributed by atoms with Gasteiger partial charge in [0.1, 0.15) is 5.82 Å². The summed E-state index contributed by atoms with van der Waals surface area (Å²) in [5.74, 6) is 0.322. The van der Waals surface area contributed by atoms with Gasteiger partial charge in [0.05, 0.1) is 22.3 Å². The molecule has 0 saturated carbocycles. The van der Waals surface area contributed by atoms with E-state index in [9.17, 15) is 8.42 Å². The van der Waals surface area contributed by atoms with Gasteiger partial charge in [0.2, 0.25) is 0 Å². The number of anilines is 2. The lowest BCUT2D eigenvalue weighted by molar-refractivity contribution is 0.596. The monoisotopic (exact) mass is 375 g/mol. The van der Waals surface area contributed by atoms with Crippen LogP contribution in [-0.2, 0) is 10.0 Å². The van der Waals surface area contributed by atoms with E-state index in [4.69, 9.17) is 0 Å². The van der Waals surface area contributed by atoms with Crippen LogP contribution in [-0.4, -0.2) is 18.4 Å². The Labute approximate surface area is 158 Å². The van der Waals surface area contributed by atoms with Crippen molar-refractivity contribution in [2.24, 2.45) is 0 Å². The molecule has 0 N–H and O–H groups in total. The zero-order chi connectivity index (χ0) is 18.9. The standard InChI is InChI=1S/C21H17N3O2S/c1-16-8-11-19(12-9-16)27(25,26)24(18-6-4-14-22-15-18)21-13-10-17-5-2-3-7-20(17)23-21/h2-15H,1H3. The maximum Gasteiger partial charge on any atom is 0.269 e. The zero-order valence-electron chi connectivity index (χ0n) is 14.6. The molecule has 27 heavy (non-hydrogen) atoms. The van der Waals surface area contributed by atoms with E-state index in [1.165, 1.54) is 10.5 Å². The number of pyridine rings is 2. The predicted molar refractivity (Wildman–Crippen MR) is 106 cm³/mol. The zero-order valence-corrected chi connectivity index (χ0v) is 15.5. The van der Waals surface area contributed by atoms with Crippen molar-refractivity contribution in [3.63, 3.8) is 0 Å². The molecule has 4 aromatic rings. The molecule has 6 heteroatoms. The summed E-state index contributed by atoms with van der Waals surface area (Å²) in [6, 6.07) is 21.4. The molecule has 0 bridgehead atoms. The summed E-state index contributed by atoms with van der Waals surface area (Å²) in [6.45, 7) is 1.92. The van der Waals surface area contributed by atoms with Crippen LogP contribution in [0.1, 0.15) is 5.56 Å². The third kappa shape index (κ3) is 3.27. The fraction of sp³-hybridized carbons (Fsp3) is 0.0476. The summed E-state index contributed by atoms with van der Waals surface area (Å²) >= 11 is 0. The lowest BCUT2D eigenvalue weighted by Gasteiger charge is -2.23. The van der Waals surface area contributed by atoms with Gasteiger partial charge >= 0.3 is 0 Å². The van der Waals surface area contributed by atoms with E-state index < -0.39 is 10.0 Å². The van der Waals surface area contributed by atoms with Crippen molar-refractivity contribution in [3.05, 3.63) is 90.8 Å². The molecule has 0 aliphatic carbocycles. The number of sulfonamides is 1. The fourth-order valence-corrected chi connectivity index (χ4v) is 4.28. The topological polar surface area (TPSA) is 63.2 Å². The second-order valence-electron chi connectivity index (χ2n) is 6.16. The Kier molecular flexibility index (Phi) is 4.33. The third-order valence-electron chi connectivity index (χ3n) is 4.23. The number of rotatable bonds is 4. The van der Waals surface area contributed by atoms with Gasteiger partial charge in [-0.1, -0.05) is 35.9 Å². The first-order valence-electron chi connectivity index (χ1n) is 8.43. The van der Waals surface area contributed by atoms with Crippen LogP contribution in [0.3, 0.4) is 0 Å². The van der Waals surface area contributed by atoms with Crippen LogP contribution in [0.15, 0.2) is 90.1 Å². The van der Waals surface area contributed by atoms with Crippen LogP contribution in [0, 0.1) is 6.92 Å². The van der Waals surface area contributed by atoms with Crippen LogP contribution in [0.5, 0.6) is 0 Å². The van der Waals surface area contributed by atoms with Crippen LogP contribution < -0.4 is 4.31 Å². The predicted octanol–water partition coefficient (Wildman–Crippen LogP) is 4.47. The summed E-state index contributed by atoms with van der Waals surface area (Å²) in [4.78, 5) is 8.86. The van der Waals surface area contributed by atoms with Crippen molar-refractivity contribution in [1.82, 2.24) is 9.97 Å². The second kappa shape index (κ2) is 6.81. The molecule has 0 radical (unpaired) electrons. The number of hydrogen-bond acceptors (Lipinski definition) is 4. The number of hydrogen-bond donors (Lipinski definition) is 0. The van der Waals surface area contributed by atoms with E-state index in [1.54, 1.807) is 48.7 Å². The lowest BCUT2D eigenvalue weighted by atomic mass is 10.2. The van der Waals surface area contributed by atoms with Gasteiger partial charge in [0, 0.05) is 11.6 Å². The van der Waals surface area contributed by atoms with E-state index in [2.05, 4.69) is 9.97 Å². The van der Waals surface area contributed by atoms with Crippen molar-refractivity contribution in [1.29, 1.82) is 0 Å². The van der Waals surface area contributed by atoms with E-state index >= 15 is 0 Å². The maximum atomic E-state index is 13.4. The van der Waals surface area contributed by atoms with Crippen LogP contribution in [0.2, 0.25) is 0 Å². The fourth-order valence-electron chi connectivity index (χ4n) is 2.85. The van der Waals surface area contributed by atoms with E-state index in [0.717, 1.165) is 16.5 Å². The summed E-state index contributed by atoms with van der Waals surface area (Å²) in [7, 11) is -3.86. The van der Waals surface area contributed by atoms with Gasteiger partial charge in [-0.25, -0.2) is 17.7 Å². The highest BCUT2D eigenvalue weighted by atomic mass is 32.2. The van der Waals surface area contributed by atoms with Crippen LogP contribution in [0.4, 0.5) is 11.5 Å². The molecule has 5 nitrogen and oxygen atoms in total. The van der Waals surface area contributed by atoms with Crippen molar-refractivity contribution in [2.45, 2.75) is 11.8 Å². The van der Waals surface area contributed by atoms with E-state index in [-0.39, 0.29) is 4.90 Å². The first-order valence-corrected chi connectivity index (χ1v) is 9.87. The molecular weight excluding hydrogens is 358 g/mol. The first kappa shape index (κ1) is 17.2. The molecule has 0 spiro atoms. The maximum absolute atomic E-state index is 13.4. The number of aromatic nitrogens is 2. The van der Waals surface area contributed by atoms with Crippen molar-refractivity contribution in [2.75, 3.05) is 4.31 Å². The largest absolute Gasteiger partial charge is 0.269 e. The Balaban J connectivity index is 1.92. The molecule has 0 unspecified atom stereocenters. The average molecular weight is 375 g/mol. The molecule has 134 valence electrons. The minimum atomic E-state index is -3.86. The van der Waals surface area contributed by atoms with Gasteiger partial charge in [0.15, 0.2) is 0 Å². The SMILES string of the molecule is Cc1ccc(S(=O)(=O)N(c2cccnc2)c2ccc3ccccc3n2)cc1. The van der Waals surface area contributed by atoms with Crippen LogP contribution >= 0.6 is 0 Å². The molecule has 0 saturated heterocycles. The highest BCUT2D eigenvalue weighted by molar-refractivity contribution is 7.93. The summed E-state index contributed by atoms with van der Waals surface area (Å²) in [5, 5.41) is 0.945. The Hall–Kier alpha value is -3.25. The summed E-state index contributed by atoms with van der Waals surface area (Å²) < 4.78 is 28.1. The summed E-state index contributed by atoms with van der Waals surface area (Å²) in [6.07, 6.45) is 3.12. The molecule has 2 aromatic carbocycles. The number of aryl methyl sites for hydroxylation is 1. The molecule has 0 aliphatic rings. The molecule has 0 fully saturated rings. The van der Waals surface area contributed by atoms with E-state index in [1.807, 2.05) is 37.3 Å². The van der Waals surface area contributed by atoms with Crippen molar-refractivity contribution < 1.29 is 8.42 Å². The van der Waals surface area contributed by atoms with E-state index in [0.29, 0.717) is 11.5 Å². The molecule has 0 atom stereocenters. The molecular formula is C21H17N3O2S. The highest BCUT2D eigenvalue weighted by Gasteiger charge is 2.28. The third-order valence-corrected chi connectivity index (χ3v) is 5.98. The Morgan fingerprint density at radius 2 is 1.63 bits per heavy atom. The Morgan fingerprint density at radius 3 is 2.37 bits per heavy atom. The Bertz CT molecular complexity index is 1190. The first-order chi connectivity index (χ1) is 13.1. The summed E-state index contributed by atoms with van der Waals surface area (Å²) in [5.41, 5.74) is 2.15. The number of benzene rings is 2. The van der Waals surface area contributed by atoms with Gasteiger partial charge in [0.25, 0.3) is 10.0 Å². The average Bonchev–Trinajstić information content (AvgIpc) is 2.69. The van der Waals surface area contributed by atoms with Gasteiger partial charge < -0.3 is 0 Å². The lowest BCUT2D eigenvalue weighted by Crippen LogP contribution is -2.27. The number of fused-ring (bicyclic) bond motifs is 1. The van der Waals surface area contributed by atoms with Gasteiger partial charge in [-0.15, -0.1) is 0 Å². The number of nitrogens with zero attached hydrogens (tertiary/aromatic N) is 3. The second-order valence-corrected chi connectivity index (χ2v) is 7.94. The van der Waals surface area contributed by atoms with Crippen molar-refractivity contribution >= 4 is 32.4 Å². The van der Waals surface area contributed by atoms with Crippen molar-refractivity contribution in [3.8, 4) is 0 Å². The molecule has 2 aromatic heterocycles. The van der Waals surface area contributed by atoms with Crippen LogP contribution in [0.25, 0.3) is 10.9 Å². The minimum absolute atomic E-state index is 0.201. The number of para-hydroxylation sites is 1. The molecule has 0 amide bonds. The molecule has 0 aliphatic heterocycles. The van der Waals surface area contributed by atoms with Gasteiger partial charge in [-0.05, 0) is 49.4 Å². The Morgan fingerprint density at radius 1 is 0.852 bits per heavy atom. The quantitative estimate of drug-likeness (QED) is 0.528. The molecule has 4 rings (SSSR count). The minimum Gasteiger partial charge on any atom is -0.263 e. The van der Waals surface area contributed by atoms with Gasteiger partial charge in [-0.2, -0.15) is 0 Å². The molecule has 2 heterocycles. The highest BCUT2D eigenvalue weighted by Crippen LogP contribution is 2.31. The van der Waals surface area contributed by atoms with Gasteiger partial charge in [-0.3, -0.25) is 4.98 Å². The smallest absolute Gasteiger partial charge is 0.263 e. The normalized spacial score (nSPS) is 11.4.